The van der Waals surface area contributed by atoms with Gasteiger partial charge < -0.3 is 16.4 Å². The van der Waals surface area contributed by atoms with E-state index in [4.69, 9.17) is 18.0 Å². The minimum absolute atomic E-state index is 0.0810. The summed E-state index contributed by atoms with van der Waals surface area (Å²) < 4.78 is 0. The minimum atomic E-state index is -0.0810. The van der Waals surface area contributed by atoms with E-state index < -0.39 is 0 Å². The van der Waals surface area contributed by atoms with Crippen molar-refractivity contribution in [3.8, 4) is 0 Å². The molecule has 0 unspecified atom stereocenters. The zero-order valence-electron chi connectivity index (χ0n) is 9.86. The van der Waals surface area contributed by atoms with E-state index in [2.05, 4.69) is 15.6 Å². The Bertz CT molecular complexity index is 420. The highest BCUT2D eigenvalue weighted by atomic mass is 32.1. The second-order valence-corrected chi connectivity index (χ2v) is 4.29. The number of amides is 1. The summed E-state index contributed by atoms with van der Waals surface area (Å²) in [4.78, 5) is 15.8. The van der Waals surface area contributed by atoms with Gasteiger partial charge in [0.1, 0.15) is 10.8 Å². The number of thiocarbonyl (C=S) groups is 1. The van der Waals surface area contributed by atoms with Crippen molar-refractivity contribution in [2.75, 3.05) is 11.9 Å². The smallest absolute Gasteiger partial charge is 0.239 e. The van der Waals surface area contributed by atoms with Crippen LogP contribution in [0.2, 0.25) is 0 Å². The Morgan fingerprint density at radius 2 is 2.24 bits per heavy atom. The average molecular weight is 252 g/mol. The highest BCUT2D eigenvalue weighted by Crippen LogP contribution is 2.04. The van der Waals surface area contributed by atoms with Crippen molar-refractivity contribution in [1.82, 2.24) is 10.3 Å². The van der Waals surface area contributed by atoms with Crippen molar-refractivity contribution in [3.63, 3.8) is 0 Å². The number of nitrogens with zero attached hydrogens (tertiary/aromatic N) is 1. The Morgan fingerprint density at radius 1 is 1.53 bits per heavy atom. The van der Waals surface area contributed by atoms with Crippen molar-refractivity contribution in [2.45, 2.75) is 19.9 Å². The molecule has 1 amide bonds. The SMILES string of the molecule is CC(C)NC(=O)CNc1cccc(C(N)=S)n1. The molecule has 4 N–H and O–H groups in total. The molecule has 0 saturated carbocycles. The van der Waals surface area contributed by atoms with E-state index in [0.29, 0.717) is 11.5 Å². The van der Waals surface area contributed by atoms with Gasteiger partial charge in [-0.1, -0.05) is 18.3 Å². The quantitative estimate of drug-likeness (QED) is 0.671. The van der Waals surface area contributed by atoms with Gasteiger partial charge in [-0.05, 0) is 26.0 Å². The van der Waals surface area contributed by atoms with Crippen molar-refractivity contribution in [3.05, 3.63) is 23.9 Å². The first-order chi connectivity index (χ1) is 7.99. The first-order valence-electron chi connectivity index (χ1n) is 5.29. The molecule has 0 aliphatic heterocycles. The van der Waals surface area contributed by atoms with E-state index >= 15 is 0 Å². The van der Waals surface area contributed by atoms with Crippen LogP contribution >= 0.6 is 12.2 Å². The van der Waals surface area contributed by atoms with Crippen LogP contribution in [-0.2, 0) is 4.79 Å². The van der Waals surface area contributed by atoms with Crippen LogP contribution in [0.25, 0.3) is 0 Å². The number of aromatic nitrogens is 1. The van der Waals surface area contributed by atoms with Gasteiger partial charge in [-0.3, -0.25) is 4.79 Å². The molecule has 1 heterocycles. The zero-order valence-corrected chi connectivity index (χ0v) is 10.7. The van der Waals surface area contributed by atoms with Gasteiger partial charge >= 0.3 is 0 Å². The standard InChI is InChI=1S/C11H16N4OS/c1-7(2)14-10(16)6-13-9-5-3-4-8(15-9)11(12)17/h3-5,7H,6H2,1-2H3,(H2,12,17)(H,13,15)(H,14,16). The van der Waals surface area contributed by atoms with Crippen molar-refractivity contribution >= 4 is 28.9 Å². The molecule has 0 fully saturated rings. The first-order valence-corrected chi connectivity index (χ1v) is 5.70. The topological polar surface area (TPSA) is 80.0 Å². The molecule has 1 aromatic rings. The summed E-state index contributed by atoms with van der Waals surface area (Å²) in [5, 5.41) is 5.68. The van der Waals surface area contributed by atoms with Gasteiger partial charge in [0.05, 0.1) is 12.2 Å². The third kappa shape index (κ3) is 4.78. The highest BCUT2D eigenvalue weighted by Gasteiger charge is 2.04. The highest BCUT2D eigenvalue weighted by molar-refractivity contribution is 7.80. The van der Waals surface area contributed by atoms with Gasteiger partial charge in [0.15, 0.2) is 0 Å². The second kappa shape index (κ2) is 6.15. The van der Waals surface area contributed by atoms with E-state index in [-0.39, 0.29) is 23.5 Å². The monoisotopic (exact) mass is 252 g/mol. The number of carbonyl (C=O) groups is 1. The Labute approximate surface area is 106 Å². The molecule has 0 spiro atoms. The Hall–Kier alpha value is -1.69. The van der Waals surface area contributed by atoms with Crippen LogP contribution in [0.4, 0.5) is 5.82 Å². The zero-order chi connectivity index (χ0) is 12.8. The van der Waals surface area contributed by atoms with Gasteiger partial charge in [0, 0.05) is 6.04 Å². The van der Waals surface area contributed by atoms with Crippen molar-refractivity contribution in [2.24, 2.45) is 5.73 Å². The molecule has 0 bridgehead atoms. The maximum Gasteiger partial charge on any atom is 0.239 e. The van der Waals surface area contributed by atoms with Gasteiger partial charge in [0.25, 0.3) is 0 Å². The molecule has 0 atom stereocenters. The van der Waals surface area contributed by atoms with Crippen LogP contribution in [0, 0.1) is 0 Å². The molecule has 0 aromatic carbocycles. The Kier molecular flexibility index (Phi) is 4.84. The van der Waals surface area contributed by atoms with Crippen LogP contribution in [-0.4, -0.2) is 28.5 Å². The Morgan fingerprint density at radius 3 is 2.82 bits per heavy atom. The minimum Gasteiger partial charge on any atom is -0.388 e. The third-order valence-electron chi connectivity index (χ3n) is 1.88. The van der Waals surface area contributed by atoms with Gasteiger partial charge in [0.2, 0.25) is 5.91 Å². The van der Waals surface area contributed by atoms with Crippen LogP contribution in [0.3, 0.4) is 0 Å². The van der Waals surface area contributed by atoms with Crippen molar-refractivity contribution in [1.29, 1.82) is 0 Å². The lowest BCUT2D eigenvalue weighted by Crippen LogP contribution is -2.35. The molecule has 0 radical (unpaired) electrons. The number of hydrogen-bond donors (Lipinski definition) is 3. The van der Waals surface area contributed by atoms with Gasteiger partial charge in [-0.15, -0.1) is 0 Å². The first kappa shape index (κ1) is 13.4. The van der Waals surface area contributed by atoms with Crippen LogP contribution in [0.5, 0.6) is 0 Å². The Balaban J connectivity index is 2.54. The maximum absolute atomic E-state index is 11.4. The fourth-order valence-electron chi connectivity index (χ4n) is 1.21. The summed E-state index contributed by atoms with van der Waals surface area (Å²) in [6, 6.07) is 5.39. The van der Waals surface area contributed by atoms with Crippen LogP contribution in [0.1, 0.15) is 19.5 Å². The van der Waals surface area contributed by atoms with E-state index in [1.165, 1.54) is 0 Å². The molecule has 0 aliphatic carbocycles. The number of pyridine rings is 1. The molecule has 92 valence electrons. The molecule has 1 rings (SSSR count). The summed E-state index contributed by atoms with van der Waals surface area (Å²) in [7, 11) is 0. The average Bonchev–Trinajstić information content (AvgIpc) is 2.26. The summed E-state index contributed by atoms with van der Waals surface area (Å²) in [5.74, 6) is 0.497. The fraction of sp³-hybridized carbons (Fsp3) is 0.364. The lowest BCUT2D eigenvalue weighted by molar-refractivity contribution is -0.119. The van der Waals surface area contributed by atoms with Crippen LogP contribution in [0.15, 0.2) is 18.2 Å². The number of rotatable bonds is 5. The third-order valence-corrected chi connectivity index (χ3v) is 2.09. The molecule has 6 heteroatoms. The van der Waals surface area contributed by atoms with Gasteiger partial charge in [-0.2, -0.15) is 0 Å². The fourth-order valence-corrected chi connectivity index (χ4v) is 1.33. The number of anilines is 1. The lowest BCUT2D eigenvalue weighted by atomic mass is 10.3. The largest absolute Gasteiger partial charge is 0.388 e. The number of nitrogens with one attached hydrogen (secondary N) is 2. The lowest BCUT2D eigenvalue weighted by Gasteiger charge is -2.10. The van der Waals surface area contributed by atoms with Crippen LogP contribution < -0.4 is 16.4 Å². The molecular formula is C11H16N4OS. The predicted molar refractivity (Wildman–Crippen MR) is 71.9 cm³/mol. The molecule has 5 nitrogen and oxygen atoms in total. The second-order valence-electron chi connectivity index (χ2n) is 3.85. The number of nitrogens with two attached hydrogens (primary N) is 1. The maximum atomic E-state index is 11.4. The molecule has 17 heavy (non-hydrogen) atoms. The summed E-state index contributed by atoms with van der Waals surface area (Å²) in [6.07, 6.45) is 0. The van der Waals surface area contributed by atoms with Crippen molar-refractivity contribution < 1.29 is 4.79 Å². The van der Waals surface area contributed by atoms with Gasteiger partial charge in [-0.25, -0.2) is 4.98 Å². The van der Waals surface area contributed by atoms with E-state index in [1.807, 2.05) is 13.8 Å². The normalized spacial score (nSPS) is 10.1. The summed E-state index contributed by atoms with van der Waals surface area (Å²) in [5.41, 5.74) is 6.00. The molecular weight excluding hydrogens is 236 g/mol. The molecule has 0 saturated heterocycles. The van der Waals surface area contributed by atoms with E-state index in [9.17, 15) is 4.79 Å². The number of carbonyl (C=O) groups excluding carboxylic acids is 1. The summed E-state index contributed by atoms with van der Waals surface area (Å²) in [6.45, 7) is 3.99. The summed E-state index contributed by atoms with van der Waals surface area (Å²) >= 11 is 4.82. The predicted octanol–water partition coefficient (Wildman–Crippen LogP) is 0.652. The number of hydrogen-bond acceptors (Lipinski definition) is 4. The van der Waals surface area contributed by atoms with E-state index in [0.717, 1.165) is 0 Å². The molecule has 1 aromatic heterocycles. The van der Waals surface area contributed by atoms with E-state index in [1.54, 1.807) is 18.2 Å². The molecule has 0 aliphatic rings.